The second-order valence-electron chi connectivity index (χ2n) is 5.11. The molecule has 96 valence electrons. The molecule has 0 aliphatic heterocycles. The molecule has 0 aromatic carbocycles. The van der Waals surface area contributed by atoms with E-state index in [1.165, 1.54) is 25.7 Å². The summed E-state index contributed by atoms with van der Waals surface area (Å²) in [7, 11) is 2.24. The van der Waals surface area contributed by atoms with Crippen molar-refractivity contribution in [3.63, 3.8) is 0 Å². The van der Waals surface area contributed by atoms with E-state index in [0.29, 0.717) is 0 Å². The van der Waals surface area contributed by atoms with Crippen molar-refractivity contribution in [1.82, 2.24) is 10.2 Å². The van der Waals surface area contributed by atoms with Gasteiger partial charge in [0.05, 0.1) is 6.54 Å². The Morgan fingerprint density at radius 1 is 1.35 bits per heavy atom. The van der Waals surface area contributed by atoms with Crippen molar-refractivity contribution in [3.05, 3.63) is 23.7 Å². The highest BCUT2D eigenvalue weighted by atomic mass is 16.3. The van der Waals surface area contributed by atoms with Gasteiger partial charge in [-0.05, 0) is 38.9 Å². The van der Waals surface area contributed by atoms with E-state index in [9.17, 15) is 0 Å². The Labute approximate surface area is 104 Å². The van der Waals surface area contributed by atoms with Gasteiger partial charge in [-0.25, -0.2) is 0 Å². The maximum atomic E-state index is 5.51. The Bertz CT molecular complexity index is 329. The van der Waals surface area contributed by atoms with Crippen molar-refractivity contribution in [2.24, 2.45) is 0 Å². The number of furan rings is 1. The quantitative estimate of drug-likeness (QED) is 0.769. The van der Waals surface area contributed by atoms with Crippen LogP contribution in [0.25, 0.3) is 0 Å². The SMILES string of the molecule is Cc1ccc(CNCCN(C)C2CCCC2)o1. The molecule has 2 rings (SSSR count). The first-order chi connectivity index (χ1) is 8.25. The minimum absolute atomic E-state index is 0.822. The summed E-state index contributed by atoms with van der Waals surface area (Å²) in [4.78, 5) is 2.49. The molecule has 1 aromatic heterocycles. The van der Waals surface area contributed by atoms with Gasteiger partial charge in [0.25, 0.3) is 0 Å². The average Bonchev–Trinajstić information content (AvgIpc) is 2.95. The van der Waals surface area contributed by atoms with Crippen LogP contribution in [-0.4, -0.2) is 31.1 Å². The Morgan fingerprint density at radius 2 is 2.12 bits per heavy atom. The molecule has 0 amide bonds. The standard InChI is InChI=1S/C14H24N2O/c1-12-7-8-14(17-12)11-15-9-10-16(2)13-5-3-4-6-13/h7-8,13,15H,3-6,9-11H2,1-2H3. The average molecular weight is 236 g/mol. The molecule has 0 radical (unpaired) electrons. The molecule has 1 saturated carbocycles. The predicted octanol–water partition coefficient (Wildman–Crippen LogP) is 2.55. The normalized spacial score (nSPS) is 17.1. The van der Waals surface area contributed by atoms with Crippen LogP contribution < -0.4 is 5.32 Å². The third-order valence-electron chi connectivity index (χ3n) is 3.68. The molecule has 0 bridgehead atoms. The smallest absolute Gasteiger partial charge is 0.117 e. The molecule has 3 heteroatoms. The van der Waals surface area contributed by atoms with Gasteiger partial charge in [0, 0.05) is 19.1 Å². The predicted molar refractivity (Wildman–Crippen MR) is 70.0 cm³/mol. The Balaban J connectivity index is 1.59. The first-order valence-corrected chi connectivity index (χ1v) is 6.72. The fraction of sp³-hybridized carbons (Fsp3) is 0.714. The summed E-state index contributed by atoms with van der Waals surface area (Å²) in [6, 6.07) is 4.88. The lowest BCUT2D eigenvalue weighted by Crippen LogP contribution is -2.35. The summed E-state index contributed by atoms with van der Waals surface area (Å²) in [5, 5.41) is 3.43. The van der Waals surface area contributed by atoms with E-state index < -0.39 is 0 Å². The maximum absolute atomic E-state index is 5.51. The second kappa shape index (κ2) is 6.22. The van der Waals surface area contributed by atoms with Crippen molar-refractivity contribution < 1.29 is 4.42 Å². The highest BCUT2D eigenvalue weighted by Crippen LogP contribution is 2.21. The number of nitrogens with one attached hydrogen (secondary N) is 1. The number of hydrogen-bond acceptors (Lipinski definition) is 3. The minimum Gasteiger partial charge on any atom is -0.465 e. The zero-order valence-corrected chi connectivity index (χ0v) is 11.0. The summed E-state index contributed by atoms with van der Waals surface area (Å²) in [5.74, 6) is 2.02. The fourth-order valence-corrected chi connectivity index (χ4v) is 2.57. The van der Waals surface area contributed by atoms with Crippen LogP contribution in [0.2, 0.25) is 0 Å². The third kappa shape index (κ3) is 3.86. The van der Waals surface area contributed by atoms with Gasteiger partial charge in [0.1, 0.15) is 11.5 Å². The van der Waals surface area contributed by atoms with E-state index in [4.69, 9.17) is 4.42 Å². The number of likely N-dealkylation sites (N-methyl/N-ethyl adjacent to an activating group) is 1. The van der Waals surface area contributed by atoms with Gasteiger partial charge in [-0.3, -0.25) is 0 Å². The molecule has 17 heavy (non-hydrogen) atoms. The summed E-state index contributed by atoms with van der Waals surface area (Å²) in [5.41, 5.74) is 0. The van der Waals surface area contributed by atoms with Crippen molar-refractivity contribution in [2.45, 2.75) is 45.2 Å². The van der Waals surface area contributed by atoms with E-state index in [2.05, 4.69) is 17.3 Å². The molecule has 3 nitrogen and oxygen atoms in total. The zero-order valence-electron chi connectivity index (χ0n) is 11.0. The fourth-order valence-electron chi connectivity index (χ4n) is 2.57. The van der Waals surface area contributed by atoms with E-state index >= 15 is 0 Å². The Hall–Kier alpha value is -0.800. The topological polar surface area (TPSA) is 28.4 Å². The van der Waals surface area contributed by atoms with Crippen molar-refractivity contribution in [1.29, 1.82) is 0 Å². The van der Waals surface area contributed by atoms with Crippen LogP contribution in [-0.2, 0) is 6.54 Å². The first-order valence-electron chi connectivity index (χ1n) is 6.72. The van der Waals surface area contributed by atoms with Gasteiger partial charge in [0.2, 0.25) is 0 Å². The molecule has 0 saturated heterocycles. The number of rotatable bonds is 6. The number of hydrogen-bond donors (Lipinski definition) is 1. The molecular weight excluding hydrogens is 212 g/mol. The molecule has 1 heterocycles. The zero-order chi connectivity index (χ0) is 12.1. The molecule has 0 spiro atoms. The minimum atomic E-state index is 0.822. The lowest BCUT2D eigenvalue weighted by molar-refractivity contribution is 0.244. The molecule has 0 atom stereocenters. The molecular formula is C14H24N2O. The molecule has 1 N–H and O–H groups in total. The van der Waals surface area contributed by atoms with E-state index in [1.807, 2.05) is 19.1 Å². The van der Waals surface area contributed by atoms with Crippen LogP contribution in [0.1, 0.15) is 37.2 Å². The highest BCUT2D eigenvalue weighted by Gasteiger charge is 2.18. The Kier molecular flexibility index (Phi) is 4.63. The van der Waals surface area contributed by atoms with Gasteiger partial charge in [-0.15, -0.1) is 0 Å². The molecule has 1 aliphatic carbocycles. The molecule has 1 aromatic rings. The van der Waals surface area contributed by atoms with Crippen LogP contribution in [0.5, 0.6) is 0 Å². The van der Waals surface area contributed by atoms with Crippen LogP contribution in [0.3, 0.4) is 0 Å². The van der Waals surface area contributed by atoms with E-state index in [1.54, 1.807) is 0 Å². The number of nitrogens with zero attached hydrogens (tertiary/aromatic N) is 1. The summed E-state index contributed by atoms with van der Waals surface area (Å²) in [6.07, 6.45) is 5.59. The van der Waals surface area contributed by atoms with Crippen molar-refractivity contribution >= 4 is 0 Å². The highest BCUT2D eigenvalue weighted by molar-refractivity contribution is 5.05. The van der Waals surface area contributed by atoms with E-state index in [0.717, 1.165) is 37.2 Å². The van der Waals surface area contributed by atoms with Crippen molar-refractivity contribution in [3.8, 4) is 0 Å². The van der Waals surface area contributed by atoms with Gasteiger partial charge in [-0.1, -0.05) is 12.8 Å². The van der Waals surface area contributed by atoms with Gasteiger partial charge < -0.3 is 14.6 Å². The monoisotopic (exact) mass is 236 g/mol. The van der Waals surface area contributed by atoms with E-state index in [-0.39, 0.29) is 0 Å². The lowest BCUT2D eigenvalue weighted by Gasteiger charge is -2.23. The largest absolute Gasteiger partial charge is 0.465 e. The molecule has 0 unspecified atom stereocenters. The van der Waals surface area contributed by atoms with Crippen molar-refractivity contribution in [2.75, 3.05) is 20.1 Å². The summed E-state index contributed by atoms with van der Waals surface area (Å²) in [6.45, 7) is 4.99. The van der Waals surface area contributed by atoms with Gasteiger partial charge in [-0.2, -0.15) is 0 Å². The third-order valence-corrected chi connectivity index (χ3v) is 3.68. The summed E-state index contributed by atoms with van der Waals surface area (Å²) >= 11 is 0. The van der Waals surface area contributed by atoms with Crippen LogP contribution in [0.4, 0.5) is 0 Å². The van der Waals surface area contributed by atoms with Crippen LogP contribution >= 0.6 is 0 Å². The second-order valence-corrected chi connectivity index (χ2v) is 5.11. The summed E-state index contributed by atoms with van der Waals surface area (Å²) < 4.78 is 5.51. The number of aryl methyl sites for hydroxylation is 1. The first kappa shape index (κ1) is 12.7. The van der Waals surface area contributed by atoms with Gasteiger partial charge >= 0.3 is 0 Å². The maximum Gasteiger partial charge on any atom is 0.117 e. The van der Waals surface area contributed by atoms with Crippen LogP contribution in [0, 0.1) is 6.92 Å². The lowest BCUT2D eigenvalue weighted by atomic mass is 10.2. The molecule has 1 fully saturated rings. The molecule has 1 aliphatic rings. The Morgan fingerprint density at radius 3 is 2.76 bits per heavy atom. The van der Waals surface area contributed by atoms with Crippen LogP contribution in [0.15, 0.2) is 16.5 Å². The van der Waals surface area contributed by atoms with Gasteiger partial charge in [0.15, 0.2) is 0 Å².